The summed E-state index contributed by atoms with van der Waals surface area (Å²) in [6.07, 6.45) is 2.37. The van der Waals surface area contributed by atoms with Crippen LogP contribution in [0.15, 0.2) is 60.8 Å². The summed E-state index contributed by atoms with van der Waals surface area (Å²) in [7, 11) is 0. The molecule has 0 spiro atoms. The van der Waals surface area contributed by atoms with Crippen molar-refractivity contribution in [3.63, 3.8) is 0 Å². The van der Waals surface area contributed by atoms with Gasteiger partial charge in [-0.2, -0.15) is 8.78 Å². The number of carbonyl (C=O) groups is 2. The Balaban J connectivity index is 0.000000225. The molecule has 3 saturated heterocycles. The van der Waals surface area contributed by atoms with Crippen LogP contribution in [0.25, 0.3) is 32.9 Å². The Morgan fingerprint density at radius 1 is 0.758 bits per heavy atom. The second-order valence-electron chi connectivity index (χ2n) is 18.2. The van der Waals surface area contributed by atoms with E-state index < -0.39 is 29.9 Å². The lowest BCUT2D eigenvalue weighted by molar-refractivity contribution is -0.118. The van der Waals surface area contributed by atoms with Crippen LogP contribution in [0.1, 0.15) is 51.7 Å². The van der Waals surface area contributed by atoms with Gasteiger partial charge in [0.1, 0.15) is 46.5 Å². The van der Waals surface area contributed by atoms with Gasteiger partial charge in [-0.15, -0.1) is 0 Å². The molecule has 0 atom stereocenters. The van der Waals surface area contributed by atoms with Gasteiger partial charge < -0.3 is 19.7 Å². The molecule has 3 aliphatic heterocycles. The number of ether oxygens (including phenoxy) is 2. The Hall–Kier alpha value is -6.20. The van der Waals surface area contributed by atoms with E-state index in [1.165, 1.54) is 12.1 Å². The third-order valence-corrected chi connectivity index (χ3v) is 12.3. The van der Waals surface area contributed by atoms with Gasteiger partial charge in [-0.05, 0) is 42.4 Å². The Morgan fingerprint density at radius 2 is 1.29 bits per heavy atom. The number of benzene rings is 3. The monoisotopic (exact) mass is 933 g/mol. The number of alkyl halides is 2. The maximum Gasteiger partial charge on any atom is 0.387 e. The van der Waals surface area contributed by atoms with Gasteiger partial charge in [-0.1, -0.05) is 51.4 Å². The van der Waals surface area contributed by atoms with Gasteiger partial charge in [0.05, 0.1) is 51.4 Å². The lowest BCUT2D eigenvalue weighted by Gasteiger charge is -2.29. The number of rotatable bonds is 8. The number of pyridine rings is 3. The predicted molar refractivity (Wildman–Crippen MR) is 242 cm³/mol. The van der Waals surface area contributed by atoms with E-state index in [1.54, 1.807) is 42.0 Å². The normalized spacial score (nSPS) is 17.0. The number of carbonyl (C=O) groups excluding carboxylic acids is 2. The van der Waals surface area contributed by atoms with Crippen LogP contribution in [0.4, 0.5) is 55.2 Å². The molecule has 6 heterocycles. The third kappa shape index (κ3) is 9.41. The number of halogens is 7. The largest absolute Gasteiger partial charge is 0.435 e. The van der Waals surface area contributed by atoms with Crippen LogP contribution >= 0.6 is 11.6 Å². The van der Waals surface area contributed by atoms with E-state index in [0.29, 0.717) is 103 Å². The van der Waals surface area contributed by atoms with Gasteiger partial charge in [-0.3, -0.25) is 19.4 Å². The first-order chi connectivity index (χ1) is 31.2. The second kappa shape index (κ2) is 17.9. The molecule has 3 aromatic heterocycles. The highest BCUT2D eigenvalue weighted by Gasteiger charge is 2.40. The number of hydrogen-bond donors (Lipinski definition) is 1. The molecule has 0 unspecified atom stereocenters. The first-order valence-electron chi connectivity index (χ1n) is 21.2. The summed E-state index contributed by atoms with van der Waals surface area (Å²) in [4.78, 5) is 44.0. The van der Waals surface area contributed by atoms with E-state index in [2.05, 4.69) is 29.9 Å². The Labute approximate surface area is 381 Å². The predicted octanol–water partition coefficient (Wildman–Crippen LogP) is 11.1. The molecule has 9 rings (SSSR count). The number of fused-ring (bicyclic) bond motifs is 2. The maximum absolute atomic E-state index is 15.5. The highest BCUT2D eigenvalue weighted by Crippen LogP contribution is 2.43. The summed E-state index contributed by atoms with van der Waals surface area (Å²) in [6.45, 7) is 11.6. The second-order valence-corrected chi connectivity index (χ2v) is 18.6. The molecule has 0 saturated carbocycles. The molecule has 346 valence electrons. The van der Waals surface area contributed by atoms with Crippen LogP contribution in [0.5, 0.6) is 5.75 Å². The standard InChI is InChI=1S/C32H31F4N5O3.C16H15ClF2N2O/c1-18-29(28-23(34)12-20(33)13-25(28)39-30(18)41-17-32(2,3)15-27(41)42)38-24-14-26(40-8-10-43-11-9-40)37-16-22(24)19-4-6-21(7-5-19)44-31(35)36;1-8-14(17)13-10(19)4-9(18)5-11(13)20-15(8)21-7-16(2,3)6-12(21)22/h4-7,12-14,16,31H,8-11,15,17H2,1-3H3,(H,37,38,39);4-5H,6-7H2,1-3H3. The average Bonchev–Trinajstić information content (AvgIpc) is 3.69. The molecule has 0 bridgehead atoms. The topological polar surface area (TPSA) is 113 Å². The zero-order valence-corrected chi connectivity index (χ0v) is 37.7. The van der Waals surface area contributed by atoms with Crippen molar-refractivity contribution in [3.05, 3.63) is 100 Å². The summed E-state index contributed by atoms with van der Waals surface area (Å²) in [5.74, 6) is -1.93. The van der Waals surface area contributed by atoms with Crippen molar-refractivity contribution in [3.8, 4) is 16.9 Å². The zero-order valence-electron chi connectivity index (χ0n) is 37.0. The van der Waals surface area contributed by atoms with Crippen molar-refractivity contribution in [2.75, 3.05) is 59.4 Å². The van der Waals surface area contributed by atoms with Crippen molar-refractivity contribution in [1.82, 2.24) is 15.0 Å². The highest BCUT2D eigenvalue weighted by molar-refractivity contribution is 6.36. The summed E-state index contributed by atoms with van der Waals surface area (Å²) in [5, 5.41) is 3.68. The quantitative estimate of drug-likeness (QED) is 0.149. The number of aromatic nitrogens is 3. The van der Waals surface area contributed by atoms with Gasteiger partial charge in [0.25, 0.3) is 0 Å². The van der Waals surface area contributed by atoms with Gasteiger partial charge in [0, 0.05) is 92.2 Å². The Bertz CT molecular complexity index is 2900. The van der Waals surface area contributed by atoms with E-state index in [1.807, 2.05) is 33.8 Å². The van der Waals surface area contributed by atoms with E-state index >= 15 is 4.39 Å². The van der Waals surface area contributed by atoms with Crippen LogP contribution in [0, 0.1) is 47.9 Å². The van der Waals surface area contributed by atoms with Gasteiger partial charge >= 0.3 is 6.61 Å². The number of anilines is 5. The number of morpholine rings is 1. The number of nitrogens with one attached hydrogen (secondary N) is 1. The van der Waals surface area contributed by atoms with Gasteiger partial charge in [-0.25, -0.2) is 32.5 Å². The first-order valence-corrected chi connectivity index (χ1v) is 21.6. The van der Waals surface area contributed by atoms with Crippen molar-refractivity contribution in [1.29, 1.82) is 0 Å². The SMILES string of the molecule is Cc1c(N2CC(C)(C)CC2=O)nc2cc(F)cc(F)c2c1Cl.Cc1c(N2CC(C)(C)CC2=O)nc2cc(F)cc(F)c2c1Nc1cc(N2CCOCC2)ncc1-c1ccc(OC(F)F)cc1. The molecule has 0 aliphatic carbocycles. The molecule has 2 amide bonds. The Kier molecular flexibility index (Phi) is 12.6. The molecule has 6 aromatic rings. The summed E-state index contributed by atoms with van der Waals surface area (Å²) in [6, 6.07) is 11.8. The molecule has 66 heavy (non-hydrogen) atoms. The molecular formula is C48H46ClF6N7O4. The van der Waals surface area contributed by atoms with Crippen LogP contribution in [-0.4, -0.2) is 72.8 Å². The number of hydrogen-bond acceptors (Lipinski definition) is 9. The highest BCUT2D eigenvalue weighted by atomic mass is 35.5. The molecule has 11 nitrogen and oxygen atoms in total. The minimum absolute atomic E-state index is 0.000860. The summed E-state index contributed by atoms with van der Waals surface area (Å²) >= 11 is 6.25. The molecular weight excluding hydrogens is 888 g/mol. The fraction of sp³-hybridized carbons (Fsp3) is 0.354. The molecule has 3 aliphatic rings. The van der Waals surface area contributed by atoms with E-state index in [-0.39, 0.29) is 55.2 Å². The summed E-state index contributed by atoms with van der Waals surface area (Å²) < 4.78 is 92.9. The first kappa shape index (κ1) is 46.3. The molecule has 18 heteroatoms. The molecule has 0 radical (unpaired) electrons. The minimum Gasteiger partial charge on any atom is -0.435 e. The van der Waals surface area contributed by atoms with E-state index in [4.69, 9.17) is 16.3 Å². The van der Waals surface area contributed by atoms with E-state index in [9.17, 15) is 31.5 Å². The minimum atomic E-state index is -2.96. The molecule has 3 aromatic carbocycles. The van der Waals surface area contributed by atoms with Crippen LogP contribution in [0.3, 0.4) is 0 Å². The lowest BCUT2D eigenvalue weighted by atomic mass is 9.93. The van der Waals surface area contributed by atoms with Crippen LogP contribution in [0.2, 0.25) is 5.02 Å². The summed E-state index contributed by atoms with van der Waals surface area (Å²) in [5.41, 5.74) is 2.80. The van der Waals surface area contributed by atoms with Gasteiger partial charge in [0.15, 0.2) is 0 Å². The molecule has 1 N–H and O–H groups in total. The van der Waals surface area contributed by atoms with Gasteiger partial charge in [0.2, 0.25) is 11.8 Å². The average molecular weight is 934 g/mol. The smallest absolute Gasteiger partial charge is 0.387 e. The third-order valence-electron chi connectivity index (χ3n) is 11.8. The molecule has 3 fully saturated rings. The van der Waals surface area contributed by atoms with E-state index in [0.717, 1.165) is 24.3 Å². The van der Waals surface area contributed by atoms with Crippen molar-refractivity contribution < 1.29 is 45.4 Å². The van der Waals surface area contributed by atoms with Crippen LogP contribution < -0.4 is 24.8 Å². The van der Waals surface area contributed by atoms with Crippen molar-refractivity contribution >= 4 is 74.0 Å². The van der Waals surface area contributed by atoms with Crippen molar-refractivity contribution in [2.45, 2.75) is 61.0 Å². The Morgan fingerprint density at radius 3 is 1.82 bits per heavy atom. The van der Waals surface area contributed by atoms with Crippen LogP contribution in [-0.2, 0) is 14.3 Å². The maximum atomic E-state index is 15.5. The number of amides is 2. The number of nitrogens with zero attached hydrogens (tertiary/aromatic N) is 6. The fourth-order valence-electron chi connectivity index (χ4n) is 8.66. The fourth-order valence-corrected chi connectivity index (χ4v) is 8.93. The van der Waals surface area contributed by atoms with Crippen molar-refractivity contribution in [2.24, 2.45) is 10.8 Å². The lowest BCUT2D eigenvalue weighted by Crippen LogP contribution is -2.36. The zero-order chi connectivity index (χ0) is 47.4.